The van der Waals surface area contributed by atoms with Crippen molar-refractivity contribution in [3.05, 3.63) is 58.7 Å². The minimum Gasteiger partial charge on any atom is -0.416 e. The predicted molar refractivity (Wildman–Crippen MR) is 95.8 cm³/mol. The number of hydrogen-bond acceptors (Lipinski definition) is 3. The highest BCUT2D eigenvalue weighted by Crippen LogP contribution is 2.53. The van der Waals surface area contributed by atoms with Gasteiger partial charge in [0.05, 0.1) is 5.66 Å². The van der Waals surface area contributed by atoms with E-state index in [4.69, 9.17) is 9.05 Å². The van der Waals surface area contributed by atoms with Crippen molar-refractivity contribution in [1.82, 2.24) is 0 Å². The zero-order valence-electron chi connectivity index (χ0n) is 14.7. The summed E-state index contributed by atoms with van der Waals surface area (Å²) in [5.41, 5.74) is 3.77. The Morgan fingerprint density at radius 1 is 0.783 bits per heavy atom. The maximum Gasteiger partial charge on any atom is 0.433 e. The number of rotatable bonds is 5. The Kier molecular flexibility index (Phi) is 5.21. The molecule has 23 heavy (non-hydrogen) atoms. The highest BCUT2D eigenvalue weighted by molar-refractivity contribution is 7.55. The Morgan fingerprint density at radius 3 is 1.52 bits per heavy atom. The highest BCUT2D eigenvalue weighted by atomic mass is 31.2. The van der Waals surface area contributed by atoms with Gasteiger partial charge in [-0.05, 0) is 75.9 Å². The van der Waals surface area contributed by atoms with Crippen LogP contribution in [0, 0.1) is 27.7 Å². The van der Waals surface area contributed by atoms with Gasteiger partial charge >= 0.3 is 7.60 Å². The molecule has 0 unspecified atom stereocenters. The van der Waals surface area contributed by atoms with Crippen LogP contribution in [0.5, 0.6) is 11.5 Å². The first-order chi connectivity index (χ1) is 10.7. The molecule has 0 bridgehead atoms. The van der Waals surface area contributed by atoms with Crippen molar-refractivity contribution in [1.29, 1.82) is 0 Å². The quantitative estimate of drug-likeness (QED) is 0.632. The molecular formula is C19H25O3P. The smallest absolute Gasteiger partial charge is 0.416 e. The number of benzene rings is 2. The standard InChI is InChI=1S/C19H25O3P/c1-13(2)23(20,21-18-11-14(3)7-9-16(18)5)22-19-12-15(4)8-10-17(19)6/h7-13H,1-6H3. The van der Waals surface area contributed by atoms with E-state index in [0.29, 0.717) is 11.5 Å². The lowest BCUT2D eigenvalue weighted by molar-refractivity contribution is 0.374. The minimum absolute atomic E-state index is 0.248. The van der Waals surface area contributed by atoms with Crippen molar-refractivity contribution in [3.63, 3.8) is 0 Å². The molecule has 0 saturated carbocycles. The van der Waals surface area contributed by atoms with Crippen LogP contribution in [0.1, 0.15) is 36.1 Å². The van der Waals surface area contributed by atoms with Gasteiger partial charge in [-0.25, -0.2) is 4.57 Å². The van der Waals surface area contributed by atoms with Gasteiger partial charge in [0.25, 0.3) is 0 Å². The van der Waals surface area contributed by atoms with E-state index in [2.05, 4.69) is 0 Å². The van der Waals surface area contributed by atoms with Crippen LogP contribution in [0.2, 0.25) is 0 Å². The van der Waals surface area contributed by atoms with Gasteiger partial charge < -0.3 is 9.05 Å². The van der Waals surface area contributed by atoms with Crippen molar-refractivity contribution in [3.8, 4) is 11.5 Å². The second kappa shape index (κ2) is 6.80. The van der Waals surface area contributed by atoms with Crippen molar-refractivity contribution >= 4 is 7.60 Å². The normalized spacial score (nSPS) is 11.6. The van der Waals surface area contributed by atoms with Crippen molar-refractivity contribution in [2.24, 2.45) is 0 Å². The second-order valence-electron chi connectivity index (χ2n) is 6.35. The number of hydrogen-bond donors (Lipinski definition) is 0. The van der Waals surface area contributed by atoms with Gasteiger partial charge in [-0.1, -0.05) is 24.3 Å². The van der Waals surface area contributed by atoms with Gasteiger partial charge in [-0.2, -0.15) is 0 Å². The van der Waals surface area contributed by atoms with Gasteiger partial charge in [0.2, 0.25) is 0 Å². The monoisotopic (exact) mass is 332 g/mol. The van der Waals surface area contributed by atoms with Gasteiger partial charge in [-0.15, -0.1) is 0 Å². The molecule has 3 nitrogen and oxygen atoms in total. The molecule has 0 aromatic heterocycles. The van der Waals surface area contributed by atoms with Gasteiger partial charge in [-0.3, -0.25) is 0 Å². The Morgan fingerprint density at radius 2 is 1.17 bits per heavy atom. The molecule has 2 rings (SSSR count). The molecule has 0 heterocycles. The maximum atomic E-state index is 13.3. The van der Waals surface area contributed by atoms with Crippen LogP contribution in [0.25, 0.3) is 0 Å². The van der Waals surface area contributed by atoms with E-state index >= 15 is 0 Å². The summed E-state index contributed by atoms with van der Waals surface area (Å²) in [5.74, 6) is 1.24. The van der Waals surface area contributed by atoms with Crippen LogP contribution in [0.3, 0.4) is 0 Å². The van der Waals surface area contributed by atoms with Crippen LogP contribution in [0.15, 0.2) is 36.4 Å². The molecule has 124 valence electrons. The lowest BCUT2D eigenvalue weighted by atomic mass is 10.1. The molecular weight excluding hydrogens is 307 g/mol. The summed E-state index contributed by atoms with van der Waals surface area (Å²) < 4.78 is 25.1. The summed E-state index contributed by atoms with van der Waals surface area (Å²) in [4.78, 5) is 0. The van der Waals surface area contributed by atoms with Crippen molar-refractivity contribution in [2.45, 2.75) is 47.2 Å². The highest BCUT2D eigenvalue weighted by Gasteiger charge is 2.33. The van der Waals surface area contributed by atoms with Gasteiger partial charge in [0.15, 0.2) is 0 Å². The summed E-state index contributed by atoms with van der Waals surface area (Å²) in [6.07, 6.45) is 0. The first-order valence-corrected chi connectivity index (χ1v) is 9.46. The van der Waals surface area contributed by atoms with Crippen molar-refractivity contribution in [2.75, 3.05) is 0 Å². The van der Waals surface area contributed by atoms with E-state index in [9.17, 15) is 4.57 Å². The summed E-state index contributed by atoms with van der Waals surface area (Å²) in [6.45, 7) is 11.6. The van der Waals surface area contributed by atoms with Crippen LogP contribution < -0.4 is 9.05 Å². The van der Waals surface area contributed by atoms with Crippen molar-refractivity contribution < 1.29 is 13.6 Å². The Balaban J connectivity index is 2.38. The maximum absolute atomic E-state index is 13.3. The summed E-state index contributed by atoms with van der Waals surface area (Å²) in [7, 11) is -3.33. The summed E-state index contributed by atoms with van der Waals surface area (Å²) in [6, 6.07) is 11.7. The van der Waals surface area contributed by atoms with Crippen LogP contribution in [-0.2, 0) is 4.57 Å². The average molecular weight is 332 g/mol. The van der Waals surface area contributed by atoms with Gasteiger partial charge in [0.1, 0.15) is 11.5 Å². The van der Waals surface area contributed by atoms with E-state index in [1.807, 2.05) is 77.9 Å². The SMILES string of the molecule is Cc1ccc(C)c(OP(=O)(Oc2cc(C)ccc2C)C(C)C)c1. The van der Waals surface area contributed by atoms with E-state index in [1.165, 1.54) is 0 Å². The Hall–Kier alpha value is -1.73. The summed E-state index contributed by atoms with van der Waals surface area (Å²) in [5, 5.41) is 0. The molecule has 0 N–H and O–H groups in total. The first kappa shape index (κ1) is 17.6. The topological polar surface area (TPSA) is 35.5 Å². The zero-order chi connectivity index (χ0) is 17.2. The molecule has 2 aromatic rings. The van der Waals surface area contributed by atoms with Crippen LogP contribution in [-0.4, -0.2) is 5.66 Å². The minimum atomic E-state index is -3.33. The molecule has 2 aromatic carbocycles. The zero-order valence-corrected chi connectivity index (χ0v) is 15.6. The molecule has 0 radical (unpaired) electrons. The third-order valence-electron chi connectivity index (χ3n) is 3.77. The third-order valence-corrected chi connectivity index (χ3v) is 5.94. The molecule has 0 saturated heterocycles. The first-order valence-electron chi connectivity index (χ1n) is 7.84. The average Bonchev–Trinajstić information content (AvgIpc) is 2.46. The molecule has 0 aliphatic rings. The van der Waals surface area contributed by atoms with Crippen LogP contribution in [0.4, 0.5) is 0 Å². The Labute approximate surface area is 139 Å². The van der Waals surface area contributed by atoms with E-state index in [1.54, 1.807) is 0 Å². The molecule has 0 atom stereocenters. The van der Waals surface area contributed by atoms with E-state index in [0.717, 1.165) is 22.3 Å². The molecule has 0 aliphatic heterocycles. The summed E-state index contributed by atoms with van der Waals surface area (Å²) >= 11 is 0. The Bertz CT molecular complexity index is 693. The fourth-order valence-corrected chi connectivity index (χ4v) is 3.52. The fourth-order valence-electron chi connectivity index (χ4n) is 2.11. The fraction of sp³-hybridized carbons (Fsp3) is 0.368. The van der Waals surface area contributed by atoms with E-state index < -0.39 is 7.60 Å². The molecule has 0 spiro atoms. The predicted octanol–water partition coefficient (Wildman–Crippen LogP) is 5.98. The molecule has 0 fully saturated rings. The lowest BCUT2D eigenvalue weighted by Gasteiger charge is -2.25. The number of aryl methyl sites for hydroxylation is 4. The van der Waals surface area contributed by atoms with E-state index in [-0.39, 0.29) is 5.66 Å². The van der Waals surface area contributed by atoms with Gasteiger partial charge in [0, 0.05) is 0 Å². The third kappa shape index (κ3) is 4.17. The molecule has 0 amide bonds. The van der Waals surface area contributed by atoms with Crippen LogP contribution >= 0.6 is 7.60 Å². The molecule has 4 heteroatoms. The largest absolute Gasteiger partial charge is 0.433 e. The molecule has 0 aliphatic carbocycles. The lowest BCUT2D eigenvalue weighted by Crippen LogP contribution is -2.11. The second-order valence-corrected chi connectivity index (χ2v) is 8.83.